The number of halogens is 1. The zero-order chi connectivity index (χ0) is 14.5. The summed E-state index contributed by atoms with van der Waals surface area (Å²) < 4.78 is 24.0. The third kappa shape index (κ3) is 2.91. The SMILES string of the molecule is CCOc1ccccc1C(N)c1ccc(F)c(OC)c1. The molecule has 2 N–H and O–H groups in total. The first-order chi connectivity index (χ1) is 9.67. The minimum atomic E-state index is -0.401. The van der Waals surface area contributed by atoms with Crippen LogP contribution < -0.4 is 15.2 Å². The predicted octanol–water partition coefficient (Wildman–Crippen LogP) is 3.28. The van der Waals surface area contributed by atoms with Crippen LogP contribution in [0.25, 0.3) is 0 Å². The second-order valence-electron chi connectivity index (χ2n) is 4.34. The van der Waals surface area contributed by atoms with Crippen LogP contribution in [0.15, 0.2) is 42.5 Å². The third-order valence-electron chi connectivity index (χ3n) is 3.09. The van der Waals surface area contributed by atoms with E-state index in [4.69, 9.17) is 15.2 Å². The fraction of sp³-hybridized carbons (Fsp3) is 0.250. The molecular formula is C16H18FNO2. The Balaban J connectivity index is 2.38. The van der Waals surface area contributed by atoms with Gasteiger partial charge in [0, 0.05) is 5.56 Å². The van der Waals surface area contributed by atoms with Crippen LogP contribution in [0.5, 0.6) is 11.5 Å². The van der Waals surface area contributed by atoms with E-state index in [1.165, 1.54) is 13.2 Å². The number of methoxy groups -OCH3 is 1. The van der Waals surface area contributed by atoms with Crippen molar-refractivity contribution in [3.63, 3.8) is 0 Å². The van der Waals surface area contributed by atoms with Gasteiger partial charge in [-0.3, -0.25) is 0 Å². The van der Waals surface area contributed by atoms with Crippen molar-refractivity contribution in [3.8, 4) is 11.5 Å². The summed E-state index contributed by atoms with van der Waals surface area (Å²) in [6.45, 7) is 2.49. The van der Waals surface area contributed by atoms with Gasteiger partial charge in [0.2, 0.25) is 0 Å². The molecule has 2 aromatic rings. The maximum atomic E-state index is 13.4. The van der Waals surface area contributed by atoms with E-state index in [0.29, 0.717) is 6.61 Å². The van der Waals surface area contributed by atoms with Crippen molar-refractivity contribution in [1.29, 1.82) is 0 Å². The number of rotatable bonds is 5. The Bertz CT molecular complexity index is 586. The summed E-state index contributed by atoms with van der Waals surface area (Å²) in [5, 5.41) is 0. The van der Waals surface area contributed by atoms with Gasteiger partial charge in [-0.1, -0.05) is 24.3 Å². The molecule has 0 aliphatic rings. The van der Waals surface area contributed by atoms with Crippen LogP contribution in [0.3, 0.4) is 0 Å². The van der Waals surface area contributed by atoms with E-state index in [0.717, 1.165) is 16.9 Å². The Labute approximate surface area is 118 Å². The van der Waals surface area contributed by atoms with Crippen molar-refractivity contribution in [1.82, 2.24) is 0 Å². The van der Waals surface area contributed by atoms with Crippen LogP contribution in [0.1, 0.15) is 24.1 Å². The molecule has 0 aliphatic heterocycles. The molecule has 0 bridgehead atoms. The first-order valence-electron chi connectivity index (χ1n) is 6.48. The molecule has 2 rings (SSSR count). The molecule has 1 unspecified atom stereocenters. The summed E-state index contributed by atoms with van der Waals surface area (Å²) in [5.74, 6) is 0.527. The van der Waals surface area contributed by atoms with E-state index >= 15 is 0 Å². The van der Waals surface area contributed by atoms with E-state index in [-0.39, 0.29) is 5.75 Å². The van der Waals surface area contributed by atoms with Crippen LogP contribution >= 0.6 is 0 Å². The van der Waals surface area contributed by atoms with E-state index in [1.54, 1.807) is 12.1 Å². The van der Waals surface area contributed by atoms with Crippen molar-refractivity contribution < 1.29 is 13.9 Å². The second-order valence-corrected chi connectivity index (χ2v) is 4.34. The molecule has 0 aromatic heterocycles. The predicted molar refractivity (Wildman–Crippen MR) is 76.6 cm³/mol. The molecule has 0 saturated carbocycles. The van der Waals surface area contributed by atoms with Gasteiger partial charge in [-0.15, -0.1) is 0 Å². The van der Waals surface area contributed by atoms with Crippen molar-refractivity contribution in [2.45, 2.75) is 13.0 Å². The van der Waals surface area contributed by atoms with Gasteiger partial charge in [0.1, 0.15) is 5.75 Å². The molecule has 1 atom stereocenters. The molecule has 0 amide bonds. The van der Waals surface area contributed by atoms with Crippen molar-refractivity contribution in [2.75, 3.05) is 13.7 Å². The fourth-order valence-corrected chi connectivity index (χ4v) is 2.07. The summed E-state index contributed by atoms with van der Waals surface area (Å²) in [6, 6.07) is 11.8. The Morgan fingerprint density at radius 1 is 1.15 bits per heavy atom. The topological polar surface area (TPSA) is 44.5 Å². The Hall–Kier alpha value is -2.07. The highest BCUT2D eigenvalue weighted by Gasteiger charge is 2.15. The maximum absolute atomic E-state index is 13.4. The van der Waals surface area contributed by atoms with Gasteiger partial charge >= 0.3 is 0 Å². The Morgan fingerprint density at radius 2 is 1.90 bits per heavy atom. The van der Waals surface area contributed by atoms with E-state index in [2.05, 4.69) is 0 Å². The van der Waals surface area contributed by atoms with Gasteiger partial charge < -0.3 is 15.2 Å². The molecule has 106 valence electrons. The minimum Gasteiger partial charge on any atom is -0.494 e. The minimum absolute atomic E-state index is 0.187. The standard InChI is InChI=1S/C16H18FNO2/c1-3-20-14-7-5-4-6-12(14)16(18)11-8-9-13(17)15(10-11)19-2/h4-10,16H,3,18H2,1-2H3. The summed E-state index contributed by atoms with van der Waals surface area (Å²) in [6.07, 6.45) is 0. The summed E-state index contributed by atoms with van der Waals surface area (Å²) in [5.41, 5.74) is 7.90. The maximum Gasteiger partial charge on any atom is 0.165 e. The first kappa shape index (κ1) is 14.3. The zero-order valence-corrected chi connectivity index (χ0v) is 11.6. The van der Waals surface area contributed by atoms with E-state index < -0.39 is 11.9 Å². The molecule has 0 spiro atoms. The summed E-state index contributed by atoms with van der Waals surface area (Å²) >= 11 is 0. The van der Waals surface area contributed by atoms with Crippen molar-refractivity contribution in [3.05, 3.63) is 59.4 Å². The highest BCUT2D eigenvalue weighted by Crippen LogP contribution is 2.30. The molecule has 0 aliphatic carbocycles. The van der Waals surface area contributed by atoms with Crippen LogP contribution in [-0.2, 0) is 0 Å². The largest absolute Gasteiger partial charge is 0.494 e. The third-order valence-corrected chi connectivity index (χ3v) is 3.09. The van der Waals surface area contributed by atoms with Crippen LogP contribution in [0.4, 0.5) is 4.39 Å². The number of hydrogen-bond acceptors (Lipinski definition) is 3. The molecule has 3 nitrogen and oxygen atoms in total. The van der Waals surface area contributed by atoms with Crippen molar-refractivity contribution in [2.24, 2.45) is 5.73 Å². The van der Waals surface area contributed by atoms with Crippen LogP contribution in [0, 0.1) is 5.82 Å². The van der Waals surface area contributed by atoms with E-state index in [1.807, 2.05) is 31.2 Å². The second kappa shape index (κ2) is 6.39. The lowest BCUT2D eigenvalue weighted by Gasteiger charge is -2.17. The lowest BCUT2D eigenvalue weighted by atomic mass is 9.98. The molecular weight excluding hydrogens is 257 g/mol. The lowest BCUT2D eigenvalue weighted by Crippen LogP contribution is -2.13. The highest BCUT2D eigenvalue weighted by molar-refractivity contribution is 5.43. The number of benzene rings is 2. The van der Waals surface area contributed by atoms with E-state index in [9.17, 15) is 4.39 Å². The number of hydrogen-bond donors (Lipinski definition) is 1. The Morgan fingerprint density at radius 3 is 2.60 bits per heavy atom. The van der Waals surface area contributed by atoms with Crippen LogP contribution in [0.2, 0.25) is 0 Å². The fourth-order valence-electron chi connectivity index (χ4n) is 2.07. The number of ether oxygens (including phenoxy) is 2. The summed E-state index contributed by atoms with van der Waals surface area (Å²) in [7, 11) is 1.43. The molecule has 20 heavy (non-hydrogen) atoms. The quantitative estimate of drug-likeness (QED) is 0.910. The van der Waals surface area contributed by atoms with Gasteiger partial charge in [-0.25, -0.2) is 4.39 Å². The molecule has 0 heterocycles. The molecule has 4 heteroatoms. The Kier molecular flexibility index (Phi) is 4.58. The van der Waals surface area contributed by atoms with Gasteiger partial charge in [-0.2, -0.15) is 0 Å². The molecule has 0 fully saturated rings. The monoisotopic (exact) mass is 275 g/mol. The zero-order valence-electron chi connectivity index (χ0n) is 11.6. The first-order valence-corrected chi connectivity index (χ1v) is 6.48. The van der Waals surface area contributed by atoms with Crippen molar-refractivity contribution >= 4 is 0 Å². The molecule has 2 aromatic carbocycles. The molecule has 0 saturated heterocycles. The number of para-hydroxylation sites is 1. The number of nitrogens with two attached hydrogens (primary N) is 1. The van der Waals surface area contributed by atoms with Gasteiger partial charge in [-0.05, 0) is 30.7 Å². The van der Waals surface area contributed by atoms with Gasteiger partial charge in [0.05, 0.1) is 19.8 Å². The smallest absolute Gasteiger partial charge is 0.165 e. The average molecular weight is 275 g/mol. The van der Waals surface area contributed by atoms with Gasteiger partial charge in [0.15, 0.2) is 11.6 Å². The summed E-state index contributed by atoms with van der Waals surface area (Å²) in [4.78, 5) is 0. The van der Waals surface area contributed by atoms with Crippen LogP contribution in [-0.4, -0.2) is 13.7 Å². The average Bonchev–Trinajstić information content (AvgIpc) is 2.48. The normalized spacial score (nSPS) is 12.0. The lowest BCUT2D eigenvalue weighted by molar-refractivity contribution is 0.335. The molecule has 0 radical (unpaired) electrons. The highest BCUT2D eigenvalue weighted by atomic mass is 19.1. The van der Waals surface area contributed by atoms with Gasteiger partial charge in [0.25, 0.3) is 0 Å².